The van der Waals surface area contributed by atoms with Gasteiger partial charge in [0.1, 0.15) is 17.3 Å². The van der Waals surface area contributed by atoms with Crippen LogP contribution in [0.15, 0.2) is 24.3 Å². The molecule has 0 spiro atoms. The summed E-state index contributed by atoms with van der Waals surface area (Å²) in [6.45, 7) is 1.75. The molecule has 0 unspecified atom stereocenters. The quantitative estimate of drug-likeness (QED) is 0.803. The van der Waals surface area contributed by atoms with E-state index >= 15 is 0 Å². The molecule has 0 radical (unpaired) electrons. The number of aromatic nitrogens is 3. The van der Waals surface area contributed by atoms with Crippen LogP contribution >= 0.6 is 11.6 Å². The summed E-state index contributed by atoms with van der Waals surface area (Å²) in [5, 5.41) is 8.26. The highest BCUT2D eigenvalue weighted by Gasteiger charge is 2.07. The Hall–Kier alpha value is -1.68. The fourth-order valence-electron chi connectivity index (χ4n) is 1.31. The van der Waals surface area contributed by atoms with Crippen LogP contribution in [0.2, 0.25) is 5.15 Å². The van der Waals surface area contributed by atoms with E-state index < -0.39 is 0 Å². The summed E-state index contributed by atoms with van der Waals surface area (Å²) >= 11 is 5.99. The van der Waals surface area contributed by atoms with Crippen molar-refractivity contribution >= 4 is 11.6 Å². The number of rotatable bonds is 2. The van der Waals surface area contributed by atoms with Crippen molar-refractivity contribution in [2.24, 2.45) is 0 Å². The van der Waals surface area contributed by atoms with E-state index in [2.05, 4.69) is 15.2 Å². The Morgan fingerprint density at radius 1 is 1.12 bits per heavy atom. The van der Waals surface area contributed by atoms with Crippen molar-refractivity contribution in [3.8, 4) is 17.0 Å². The molecular formula is C11H10ClN3O. The second kappa shape index (κ2) is 4.45. The maximum Gasteiger partial charge on any atom is 0.159 e. The fourth-order valence-corrected chi connectivity index (χ4v) is 1.58. The summed E-state index contributed by atoms with van der Waals surface area (Å²) in [6.07, 6.45) is 0. The minimum Gasteiger partial charge on any atom is -0.497 e. The molecule has 16 heavy (non-hydrogen) atoms. The van der Waals surface area contributed by atoms with Gasteiger partial charge in [0.2, 0.25) is 0 Å². The Bertz CT molecular complexity index is 499. The zero-order valence-electron chi connectivity index (χ0n) is 8.94. The molecule has 2 aromatic rings. The van der Waals surface area contributed by atoms with Gasteiger partial charge in [-0.1, -0.05) is 11.6 Å². The zero-order chi connectivity index (χ0) is 11.5. The number of hydrogen-bond donors (Lipinski definition) is 0. The summed E-state index contributed by atoms with van der Waals surface area (Å²) in [6, 6.07) is 7.41. The number of benzene rings is 1. The molecule has 0 atom stereocenters. The Morgan fingerprint density at radius 3 is 2.38 bits per heavy atom. The number of methoxy groups -OCH3 is 1. The van der Waals surface area contributed by atoms with E-state index in [0.717, 1.165) is 11.3 Å². The minimum absolute atomic E-state index is 0.359. The van der Waals surface area contributed by atoms with Crippen LogP contribution < -0.4 is 4.74 Å². The van der Waals surface area contributed by atoms with Gasteiger partial charge < -0.3 is 4.74 Å². The van der Waals surface area contributed by atoms with Crippen molar-refractivity contribution in [2.45, 2.75) is 6.92 Å². The van der Waals surface area contributed by atoms with Crippen molar-refractivity contribution in [3.63, 3.8) is 0 Å². The van der Waals surface area contributed by atoms with Gasteiger partial charge in [0.15, 0.2) is 5.15 Å². The van der Waals surface area contributed by atoms with Gasteiger partial charge in [0.25, 0.3) is 0 Å². The fraction of sp³-hybridized carbons (Fsp3) is 0.182. The van der Waals surface area contributed by atoms with Gasteiger partial charge in [-0.2, -0.15) is 0 Å². The molecule has 0 N–H and O–H groups in total. The van der Waals surface area contributed by atoms with E-state index in [4.69, 9.17) is 16.3 Å². The largest absolute Gasteiger partial charge is 0.497 e. The average molecular weight is 236 g/mol. The highest BCUT2D eigenvalue weighted by molar-refractivity contribution is 6.31. The summed E-state index contributed by atoms with van der Waals surface area (Å²) < 4.78 is 5.07. The molecule has 0 aliphatic rings. The van der Waals surface area contributed by atoms with E-state index in [-0.39, 0.29) is 0 Å². The Kier molecular flexibility index (Phi) is 3.01. The molecule has 1 aromatic heterocycles. The molecule has 1 aromatic carbocycles. The lowest BCUT2D eigenvalue weighted by Gasteiger charge is -2.03. The summed E-state index contributed by atoms with van der Waals surface area (Å²) in [5.74, 6) is 1.34. The van der Waals surface area contributed by atoms with Gasteiger partial charge in [0, 0.05) is 5.56 Å². The molecule has 1 heterocycles. The summed E-state index contributed by atoms with van der Waals surface area (Å²) in [4.78, 5) is 4.05. The van der Waals surface area contributed by atoms with Crippen LogP contribution in [-0.4, -0.2) is 22.3 Å². The highest BCUT2D eigenvalue weighted by atomic mass is 35.5. The Balaban J connectivity index is 2.42. The number of nitrogens with zero attached hydrogens (tertiary/aromatic N) is 3. The number of aryl methyl sites for hydroxylation is 1. The molecule has 0 amide bonds. The van der Waals surface area contributed by atoms with Gasteiger partial charge in [-0.25, -0.2) is 4.98 Å². The van der Waals surface area contributed by atoms with Crippen LogP contribution in [0, 0.1) is 6.92 Å². The first-order valence-corrected chi connectivity index (χ1v) is 5.10. The van der Waals surface area contributed by atoms with Crippen LogP contribution in [0.4, 0.5) is 0 Å². The summed E-state index contributed by atoms with van der Waals surface area (Å²) in [5.41, 5.74) is 1.45. The molecule has 0 fully saturated rings. The van der Waals surface area contributed by atoms with Gasteiger partial charge in [0.05, 0.1) is 7.11 Å². The van der Waals surface area contributed by atoms with Gasteiger partial charge in [-0.15, -0.1) is 10.2 Å². The number of ether oxygens (including phenoxy) is 1. The predicted octanol–water partition coefficient (Wildman–Crippen LogP) is 2.51. The smallest absolute Gasteiger partial charge is 0.159 e. The Labute approximate surface area is 98.3 Å². The van der Waals surface area contributed by atoms with E-state index in [0.29, 0.717) is 16.7 Å². The lowest BCUT2D eigenvalue weighted by Crippen LogP contribution is -1.96. The van der Waals surface area contributed by atoms with Crippen LogP contribution in [0.25, 0.3) is 11.3 Å². The second-order valence-electron chi connectivity index (χ2n) is 3.23. The van der Waals surface area contributed by atoms with E-state index in [9.17, 15) is 0 Å². The van der Waals surface area contributed by atoms with Crippen molar-refractivity contribution < 1.29 is 4.74 Å². The first kappa shape index (κ1) is 10.8. The first-order chi connectivity index (χ1) is 7.70. The molecule has 0 aliphatic heterocycles. The van der Waals surface area contributed by atoms with Crippen LogP contribution in [-0.2, 0) is 0 Å². The predicted molar refractivity (Wildman–Crippen MR) is 61.6 cm³/mol. The van der Waals surface area contributed by atoms with Gasteiger partial charge in [-0.3, -0.25) is 0 Å². The molecule has 0 saturated heterocycles. The molecule has 0 aliphatic carbocycles. The van der Waals surface area contributed by atoms with Gasteiger partial charge >= 0.3 is 0 Å². The van der Waals surface area contributed by atoms with E-state index in [1.165, 1.54) is 0 Å². The third-order valence-electron chi connectivity index (χ3n) is 2.11. The van der Waals surface area contributed by atoms with Crippen LogP contribution in [0.5, 0.6) is 5.75 Å². The maximum atomic E-state index is 5.99. The van der Waals surface area contributed by atoms with Crippen LogP contribution in [0.1, 0.15) is 5.82 Å². The SMILES string of the molecule is COc1ccc(-c2nnc(C)nc2Cl)cc1. The zero-order valence-corrected chi connectivity index (χ0v) is 9.69. The lowest BCUT2D eigenvalue weighted by atomic mass is 10.1. The molecule has 2 rings (SSSR count). The van der Waals surface area contributed by atoms with Crippen molar-refractivity contribution in [1.29, 1.82) is 0 Å². The standard InChI is InChI=1S/C11H10ClN3O/c1-7-13-11(12)10(15-14-7)8-3-5-9(16-2)6-4-8/h3-6H,1-2H3. The molecular weight excluding hydrogens is 226 g/mol. The third kappa shape index (κ3) is 2.12. The summed E-state index contributed by atoms with van der Waals surface area (Å²) in [7, 11) is 1.62. The van der Waals surface area contributed by atoms with Crippen molar-refractivity contribution in [3.05, 3.63) is 35.2 Å². The molecule has 4 nitrogen and oxygen atoms in total. The number of halogens is 1. The maximum absolute atomic E-state index is 5.99. The Morgan fingerprint density at radius 2 is 1.81 bits per heavy atom. The second-order valence-corrected chi connectivity index (χ2v) is 3.58. The van der Waals surface area contributed by atoms with Crippen LogP contribution in [0.3, 0.4) is 0 Å². The normalized spacial score (nSPS) is 10.2. The van der Waals surface area contributed by atoms with Gasteiger partial charge in [-0.05, 0) is 31.2 Å². The monoisotopic (exact) mass is 235 g/mol. The van der Waals surface area contributed by atoms with Crippen molar-refractivity contribution in [1.82, 2.24) is 15.2 Å². The van der Waals surface area contributed by atoms with E-state index in [1.54, 1.807) is 14.0 Å². The lowest BCUT2D eigenvalue weighted by molar-refractivity contribution is 0.415. The highest BCUT2D eigenvalue weighted by Crippen LogP contribution is 2.24. The molecule has 0 saturated carbocycles. The van der Waals surface area contributed by atoms with Crippen molar-refractivity contribution in [2.75, 3.05) is 7.11 Å². The molecule has 82 valence electrons. The minimum atomic E-state index is 0.359. The van der Waals surface area contributed by atoms with E-state index in [1.807, 2.05) is 24.3 Å². The third-order valence-corrected chi connectivity index (χ3v) is 2.38. The molecule has 0 bridgehead atoms. The topological polar surface area (TPSA) is 47.9 Å². The molecule has 5 heteroatoms. The average Bonchev–Trinajstić information content (AvgIpc) is 2.29. The first-order valence-electron chi connectivity index (χ1n) is 4.72. The number of hydrogen-bond acceptors (Lipinski definition) is 4.